The van der Waals surface area contributed by atoms with Gasteiger partial charge in [0.05, 0.1) is 6.42 Å². The highest BCUT2D eigenvalue weighted by atomic mass is 19.3. The minimum Gasteiger partial charge on any atom is -0.435 e. The van der Waals surface area contributed by atoms with Gasteiger partial charge in [-0.05, 0) is 13.0 Å². The lowest BCUT2D eigenvalue weighted by molar-refractivity contribution is -0.133. The van der Waals surface area contributed by atoms with Crippen molar-refractivity contribution in [3.63, 3.8) is 0 Å². The van der Waals surface area contributed by atoms with E-state index in [-0.39, 0.29) is 24.1 Å². The molecule has 1 heterocycles. The van der Waals surface area contributed by atoms with E-state index in [4.69, 9.17) is 0 Å². The lowest BCUT2D eigenvalue weighted by Crippen LogP contribution is -2.52. The topological polar surface area (TPSA) is 41.6 Å². The lowest BCUT2D eigenvalue weighted by Gasteiger charge is -2.34. The first-order valence-electron chi connectivity index (χ1n) is 6.61. The van der Waals surface area contributed by atoms with Crippen LogP contribution in [0, 0.1) is 0 Å². The third-order valence-electron chi connectivity index (χ3n) is 3.35. The highest BCUT2D eigenvalue weighted by Gasteiger charge is 2.24. The van der Waals surface area contributed by atoms with E-state index in [0.717, 1.165) is 13.1 Å². The molecule has 6 heteroatoms. The molecule has 1 aliphatic rings. The number of amides is 1. The zero-order valence-corrected chi connectivity index (χ0v) is 11.3. The lowest BCUT2D eigenvalue weighted by atomic mass is 10.1. The Morgan fingerprint density at radius 3 is 2.95 bits per heavy atom. The first kappa shape index (κ1) is 14.7. The summed E-state index contributed by atoms with van der Waals surface area (Å²) in [6.45, 7) is 1.22. The molecule has 0 spiro atoms. The molecule has 110 valence electrons. The van der Waals surface area contributed by atoms with E-state index >= 15 is 0 Å². The number of benzene rings is 1. The molecule has 0 unspecified atom stereocenters. The van der Waals surface area contributed by atoms with E-state index < -0.39 is 6.61 Å². The second-order valence-electron chi connectivity index (χ2n) is 4.80. The van der Waals surface area contributed by atoms with Crippen molar-refractivity contribution >= 4 is 5.91 Å². The molecular formula is C14H18F2N2O2. The van der Waals surface area contributed by atoms with E-state index in [9.17, 15) is 13.6 Å². The van der Waals surface area contributed by atoms with E-state index in [1.165, 1.54) is 6.07 Å². The first-order valence-corrected chi connectivity index (χ1v) is 6.61. The van der Waals surface area contributed by atoms with Gasteiger partial charge in [0.15, 0.2) is 0 Å². The average molecular weight is 284 g/mol. The van der Waals surface area contributed by atoms with Crippen molar-refractivity contribution in [1.29, 1.82) is 0 Å². The molecule has 1 aliphatic heterocycles. The number of ether oxygens (including phenoxy) is 1. The van der Waals surface area contributed by atoms with Gasteiger partial charge < -0.3 is 15.0 Å². The molecule has 0 aliphatic carbocycles. The van der Waals surface area contributed by atoms with E-state index in [1.807, 2.05) is 6.92 Å². The van der Waals surface area contributed by atoms with Gasteiger partial charge in [-0.1, -0.05) is 18.2 Å². The summed E-state index contributed by atoms with van der Waals surface area (Å²) in [4.78, 5) is 14.0. The number of halogens is 2. The quantitative estimate of drug-likeness (QED) is 0.914. The average Bonchev–Trinajstić information content (AvgIpc) is 2.41. The van der Waals surface area contributed by atoms with Crippen molar-refractivity contribution in [3.8, 4) is 5.75 Å². The third kappa shape index (κ3) is 3.66. The van der Waals surface area contributed by atoms with Crippen molar-refractivity contribution in [2.45, 2.75) is 26.0 Å². The SMILES string of the molecule is C[C@H]1CNCCN1C(=O)Cc1ccccc1OC(F)F. The number of hydrogen-bond donors (Lipinski definition) is 1. The molecule has 20 heavy (non-hydrogen) atoms. The Kier molecular flexibility index (Phi) is 4.89. The fourth-order valence-electron chi connectivity index (χ4n) is 2.34. The summed E-state index contributed by atoms with van der Waals surface area (Å²) in [7, 11) is 0. The molecule has 1 saturated heterocycles. The van der Waals surface area contributed by atoms with Gasteiger partial charge in [-0.2, -0.15) is 8.78 Å². The van der Waals surface area contributed by atoms with Gasteiger partial charge in [-0.3, -0.25) is 4.79 Å². The highest BCUT2D eigenvalue weighted by molar-refractivity contribution is 5.80. The van der Waals surface area contributed by atoms with E-state index in [1.54, 1.807) is 23.1 Å². The minimum absolute atomic E-state index is 0.0654. The van der Waals surface area contributed by atoms with Crippen molar-refractivity contribution in [2.24, 2.45) is 0 Å². The second-order valence-corrected chi connectivity index (χ2v) is 4.80. The van der Waals surface area contributed by atoms with Crippen molar-refractivity contribution < 1.29 is 18.3 Å². The number of nitrogens with one attached hydrogen (secondary N) is 1. The maximum absolute atomic E-state index is 12.3. The molecule has 1 amide bonds. The van der Waals surface area contributed by atoms with Gasteiger partial charge in [0, 0.05) is 31.2 Å². The molecule has 2 rings (SSSR count). The van der Waals surface area contributed by atoms with Gasteiger partial charge in [0.2, 0.25) is 5.91 Å². The Balaban J connectivity index is 2.07. The molecule has 0 saturated carbocycles. The molecular weight excluding hydrogens is 266 g/mol. The zero-order chi connectivity index (χ0) is 14.5. The smallest absolute Gasteiger partial charge is 0.387 e. The molecule has 1 fully saturated rings. The van der Waals surface area contributed by atoms with Crippen LogP contribution in [0.2, 0.25) is 0 Å². The summed E-state index contributed by atoms with van der Waals surface area (Å²) in [6, 6.07) is 6.53. The largest absolute Gasteiger partial charge is 0.435 e. The summed E-state index contributed by atoms with van der Waals surface area (Å²) in [5.74, 6) is 0.00274. The van der Waals surface area contributed by atoms with Crippen LogP contribution in [0.5, 0.6) is 5.75 Å². The second kappa shape index (κ2) is 6.65. The summed E-state index contributed by atoms with van der Waals surface area (Å²) < 4.78 is 29.1. The molecule has 0 aromatic heterocycles. The number of para-hydroxylation sites is 1. The Hall–Kier alpha value is -1.69. The zero-order valence-electron chi connectivity index (χ0n) is 11.3. The van der Waals surface area contributed by atoms with Crippen LogP contribution in [0.4, 0.5) is 8.78 Å². The predicted molar refractivity (Wildman–Crippen MR) is 70.8 cm³/mol. The Morgan fingerprint density at radius 1 is 1.50 bits per heavy atom. The molecule has 0 radical (unpaired) electrons. The molecule has 1 atom stereocenters. The number of hydrogen-bond acceptors (Lipinski definition) is 3. The number of nitrogens with zero attached hydrogens (tertiary/aromatic N) is 1. The molecule has 1 N–H and O–H groups in total. The Morgan fingerprint density at radius 2 is 2.25 bits per heavy atom. The Bertz CT molecular complexity index is 468. The molecule has 1 aromatic carbocycles. The van der Waals surface area contributed by atoms with Crippen LogP contribution >= 0.6 is 0 Å². The van der Waals surface area contributed by atoms with Gasteiger partial charge >= 0.3 is 6.61 Å². The fraction of sp³-hybridized carbons (Fsp3) is 0.500. The van der Waals surface area contributed by atoms with Crippen LogP contribution in [0.15, 0.2) is 24.3 Å². The van der Waals surface area contributed by atoms with Crippen molar-refractivity contribution in [1.82, 2.24) is 10.2 Å². The minimum atomic E-state index is -2.88. The number of rotatable bonds is 4. The fourth-order valence-corrected chi connectivity index (χ4v) is 2.34. The third-order valence-corrected chi connectivity index (χ3v) is 3.35. The molecule has 0 bridgehead atoms. The van der Waals surface area contributed by atoms with Crippen molar-refractivity contribution in [3.05, 3.63) is 29.8 Å². The normalized spacial score (nSPS) is 19.2. The summed E-state index contributed by atoms with van der Waals surface area (Å²) in [6.07, 6.45) is 0.0766. The highest BCUT2D eigenvalue weighted by Crippen LogP contribution is 2.21. The Labute approximate surface area is 116 Å². The van der Waals surface area contributed by atoms with E-state index in [0.29, 0.717) is 12.1 Å². The predicted octanol–water partition coefficient (Wildman–Crippen LogP) is 1.65. The van der Waals surface area contributed by atoms with Crippen LogP contribution in [0.3, 0.4) is 0 Å². The molecule has 4 nitrogen and oxygen atoms in total. The van der Waals surface area contributed by atoms with Gasteiger partial charge in [-0.25, -0.2) is 0 Å². The molecule has 1 aromatic rings. The van der Waals surface area contributed by atoms with Crippen LogP contribution in [0.1, 0.15) is 12.5 Å². The summed E-state index contributed by atoms with van der Waals surface area (Å²) >= 11 is 0. The first-order chi connectivity index (χ1) is 9.58. The number of alkyl halides is 2. The van der Waals surface area contributed by atoms with Crippen LogP contribution in [-0.2, 0) is 11.2 Å². The van der Waals surface area contributed by atoms with E-state index in [2.05, 4.69) is 10.1 Å². The van der Waals surface area contributed by atoms with Gasteiger partial charge in [-0.15, -0.1) is 0 Å². The summed E-state index contributed by atoms with van der Waals surface area (Å²) in [5, 5.41) is 3.20. The van der Waals surface area contributed by atoms with Crippen LogP contribution < -0.4 is 10.1 Å². The van der Waals surface area contributed by atoms with Crippen LogP contribution in [0.25, 0.3) is 0 Å². The number of piperazine rings is 1. The van der Waals surface area contributed by atoms with Gasteiger partial charge in [0.1, 0.15) is 5.75 Å². The monoisotopic (exact) mass is 284 g/mol. The van der Waals surface area contributed by atoms with Crippen molar-refractivity contribution in [2.75, 3.05) is 19.6 Å². The summed E-state index contributed by atoms with van der Waals surface area (Å²) in [5.41, 5.74) is 0.489. The standard InChI is InChI=1S/C14H18F2N2O2/c1-10-9-17-6-7-18(10)13(19)8-11-4-2-3-5-12(11)20-14(15)16/h2-5,10,14,17H,6-9H2,1H3/t10-/m0/s1. The maximum Gasteiger partial charge on any atom is 0.387 e. The number of carbonyl (C=O) groups is 1. The van der Waals surface area contributed by atoms with Crippen LogP contribution in [-0.4, -0.2) is 43.1 Å². The number of carbonyl (C=O) groups excluding carboxylic acids is 1. The maximum atomic E-state index is 12.3. The van der Waals surface area contributed by atoms with Gasteiger partial charge in [0.25, 0.3) is 0 Å².